The summed E-state index contributed by atoms with van der Waals surface area (Å²) in [6, 6.07) is 10.1. The van der Waals surface area contributed by atoms with E-state index in [1.54, 1.807) is 28.8 Å². The Labute approximate surface area is 143 Å². The summed E-state index contributed by atoms with van der Waals surface area (Å²) in [6.45, 7) is 0. The Bertz CT molecular complexity index is 1010. The van der Waals surface area contributed by atoms with Crippen LogP contribution in [0.1, 0.15) is 20.7 Å². The second-order valence-electron chi connectivity index (χ2n) is 5.37. The quantitative estimate of drug-likeness (QED) is 0.314. The maximum Gasteiger partial charge on any atom is 0.340 e. The van der Waals surface area contributed by atoms with E-state index < -0.39 is 17.7 Å². The molecule has 0 aliphatic rings. The molecule has 0 N–H and O–H groups in total. The second-order valence-corrected chi connectivity index (χ2v) is 5.37. The maximum absolute atomic E-state index is 12.3. The van der Waals surface area contributed by atoms with Gasteiger partial charge in [0.25, 0.3) is 5.78 Å². The minimum absolute atomic E-state index is 0.209. The van der Waals surface area contributed by atoms with Gasteiger partial charge in [0.05, 0.1) is 30.8 Å². The van der Waals surface area contributed by atoms with Crippen LogP contribution >= 0.6 is 0 Å². The fourth-order valence-corrected chi connectivity index (χ4v) is 2.74. The van der Waals surface area contributed by atoms with E-state index in [1.807, 2.05) is 12.1 Å². The van der Waals surface area contributed by atoms with Crippen molar-refractivity contribution in [3.63, 3.8) is 0 Å². The minimum Gasteiger partial charge on any atom is -0.465 e. The van der Waals surface area contributed by atoms with Crippen LogP contribution in [-0.2, 0) is 14.4 Å². The number of hydroxylamine groups is 2. The van der Waals surface area contributed by atoms with Crippen molar-refractivity contribution in [2.24, 2.45) is 0 Å². The lowest BCUT2D eigenvalue weighted by Crippen LogP contribution is -2.32. The van der Waals surface area contributed by atoms with Gasteiger partial charge >= 0.3 is 11.9 Å². The van der Waals surface area contributed by atoms with Crippen molar-refractivity contribution in [1.29, 1.82) is 0 Å². The number of carbonyl (C=O) groups excluding carboxylic acids is 3. The Balaban J connectivity index is 2.22. The lowest BCUT2D eigenvalue weighted by Gasteiger charge is -2.12. The van der Waals surface area contributed by atoms with E-state index in [2.05, 4.69) is 0 Å². The van der Waals surface area contributed by atoms with Crippen LogP contribution < -0.4 is 0 Å². The highest BCUT2D eigenvalue weighted by molar-refractivity contribution is 6.42. The van der Waals surface area contributed by atoms with Gasteiger partial charge in [-0.3, -0.25) is 14.4 Å². The molecule has 2 heterocycles. The zero-order valence-corrected chi connectivity index (χ0v) is 14.0. The first kappa shape index (κ1) is 16.7. The number of nitrogens with zero attached hydrogens (tertiary/aromatic N) is 2. The van der Waals surface area contributed by atoms with Gasteiger partial charge in [0.15, 0.2) is 0 Å². The number of esters is 1. The molecular weight excluding hydrogens is 324 g/mol. The Morgan fingerprint density at radius 3 is 2.48 bits per heavy atom. The van der Waals surface area contributed by atoms with Crippen LogP contribution in [0.15, 0.2) is 42.6 Å². The molecule has 0 atom stereocenters. The molecule has 3 rings (SSSR count). The van der Waals surface area contributed by atoms with E-state index in [0.29, 0.717) is 22.0 Å². The van der Waals surface area contributed by atoms with Crippen LogP contribution in [0.5, 0.6) is 0 Å². The summed E-state index contributed by atoms with van der Waals surface area (Å²) in [7, 11) is 3.98. The number of ether oxygens (including phenoxy) is 1. The molecule has 128 valence electrons. The van der Waals surface area contributed by atoms with Crippen molar-refractivity contribution in [1.82, 2.24) is 9.46 Å². The first-order chi connectivity index (χ1) is 12.0. The Kier molecular flexibility index (Phi) is 4.24. The molecule has 0 saturated heterocycles. The average Bonchev–Trinajstić information content (AvgIpc) is 2.99. The highest BCUT2D eigenvalue weighted by Crippen LogP contribution is 2.28. The molecular formula is C18H16N2O5. The van der Waals surface area contributed by atoms with Gasteiger partial charge in [-0.2, -0.15) is 0 Å². The van der Waals surface area contributed by atoms with Crippen molar-refractivity contribution in [3.8, 4) is 0 Å². The Morgan fingerprint density at radius 2 is 1.80 bits per heavy atom. The Morgan fingerprint density at radius 1 is 1.04 bits per heavy atom. The highest BCUT2D eigenvalue weighted by Gasteiger charge is 2.23. The van der Waals surface area contributed by atoms with Gasteiger partial charge in [0.2, 0.25) is 0 Å². The standard InChI is InChI=1S/C18H16N2O5/c1-19(25-3)17(22)16(21)11-7-8-12-14(10-11)20-9-5-4-6-13(20)15(12)18(23)24-2/h4-10H,1-3H3. The van der Waals surface area contributed by atoms with E-state index in [0.717, 1.165) is 5.06 Å². The van der Waals surface area contributed by atoms with Gasteiger partial charge in [-0.1, -0.05) is 18.2 Å². The molecule has 0 saturated carbocycles. The smallest absolute Gasteiger partial charge is 0.340 e. The van der Waals surface area contributed by atoms with Crippen LogP contribution in [0.3, 0.4) is 0 Å². The van der Waals surface area contributed by atoms with E-state index in [1.165, 1.54) is 27.3 Å². The largest absolute Gasteiger partial charge is 0.465 e. The highest BCUT2D eigenvalue weighted by atomic mass is 16.7. The summed E-state index contributed by atoms with van der Waals surface area (Å²) in [4.78, 5) is 41.3. The second kappa shape index (κ2) is 6.37. The number of ketones is 1. The number of aromatic nitrogens is 1. The van der Waals surface area contributed by atoms with E-state index in [4.69, 9.17) is 9.57 Å². The first-order valence-electron chi connectivity index (χ1n) is 7.47. The summed E-state index contributed by atoms with van der Waals surface area (Å²) in [6.07, 6.45) is 1.78. The van der Waals surface area contributed by atoms with Crippen molar-refractivity contribution in [3.05, 3.63) is 53.7 Å². The lowest BCUT2D eigenvalue weighted by atomic mass is 10.1. The van der Waals surface area contributed by atoms with Gasteiger partial charge in [-0.25, -0.2) is 9.86 Å². The summed E-state index contributed by atoms with van der Waals surface area (Å²) in [5.74, 6) is -1.94. The summed E-state index contributed by atoms with van der Waals surface area (Å²) < 4.78 is 6.66. The molecule has 0 radical (unpaired) electrons. The van der Waals surface area contributed by atoms with E-state index in [-0.39, 0.29) is 5.56 Å². The maximum atomic E-state index is 12.3. The molecule has 25 heavy (non-hydrogen) atoms. The summed E-state index contributed by atoms with van der Waals surface area (Å²) >= 11 is 0. The molecule has 3 aromatic rings. The first-order valence-corrected chi connectivity index (χ1v) is 7.47. The number of amides is 1. The molecule has 0 fully saturated rings. The zero-order chi connectivity index (χ0) is 18.1. The summed E-state index contributed by atoms with van der Waals surface area (Å²) in [5, 5.41) is 1.50. The van der Waals surface area contributed by atoms with Gasteiger partial charge < -0.3 is 9.14 Å². The number of hydrogen-bond acceptors (Lipinski definition) is 5. The van der Waals surface area contributed by atoms with E-state index >= 15 is 0 Å². The number of benzene rings is 1. The minimum atomic E-state index is -0.782. The van der Waals surface area contributed by atoms with Crippen LogP contribution in [0.25, 0.3) is 16.4 Å². The van der Waals surface area contributed by atoms with Crippen LogP contribution in [0.4, 0.5) is 0 Å². The number of methoxy groups -OCH3 is 1. The van der Waals surface area contributed by atoms with Crippen molar-refractivity contribution >= 4 is 34.1 Å². The third-order valence-electron chi connectivity index (χ3n) is 4.05. The van der Waals surface area contributed by atoms with Crippen molar-refractivity contribution < 1.29 is 24.0 Å². The normalized spacial score (nSPS) is 10.8. The number of Topliss-reactive ketones (excluding diaryl/α,β-unsaturated/α-hetero) is 1. The number of fused-ring (bicyclic) bond motifs is 3. The van der Waals surface area contributed by atoms with E-state index in [9.17, 15) is 14.4 Å². The van der Waals surface area contributed by atoms with Gasteiger partial charge in [-0.15, -0.1) is 0 Å². The number of pyridine rings is 1. The average molecular weight is 340 g/mol. The molecule has 0 bridgehead atoms. The number of rotatable bonds is 4. The third-order valence-corrected chi connectivity index (χ3v) is 4.05. The molecule has 0 aliphatic heterocycles. The van der Waals surface area contributed by atoms with Crippen LogP contribution in [-0.4, -0.2) is 48.4 Å². The number of hydrogen-bond donors (Lipinski definition) is 0. The predicted molar refractivity (Wildman–Crippen MR) is 90.4 cm³/mol. The molecule has 0 aliphatic carbocycles. The Hall–Kier alpha value is -3.19. The third kappa shape index (κ3) is 2.64. The molecule has 0 unspecified atom stereocenters. The zero-order valence-electron chi connectivity index (χ0n) is 14.0. The lowest BCUT2D eigenvalue weighted by molar-refractivity contribution is -0.162. The van der Waals surface area contributed by atoms with Crippen molar-refractivity contribution in [2.75, 3.05) is 21.3 Å². The molecule has 7 heteroatoms. The monoisotopic (exact) mass is 340 g/mol. The van der Waals surface area contributed by atoms with Crippen LogP contribution in [0.2, 0.25) is 0 Å². The molecule has 1 amide bonds. The summed E-state index contributed by atoms with van der Waals surface area (Å²) in [5.41, 5.74) is 1.92. The fourth-order valence-electron chi connectivity index (χ4n) is 2.74. The topological polar surface area (TPSA) is 77.3 Å². The van der Waals surface area contributed by atoms with Crippen molar-refractivity contribution in [2.45, 2.75) is 0 Å². The molecule has 7 nitrogen and oxygen atoms in total. The van der Waals surface area contributed by atoms with Gasteiger partial charge in [0, 0.05) is 24.2 Å². The molecule has 2 aromatic heterocycles. The SMILES string of the molecule is COC(=O)c1c2ccc(C(=O)C(=O)N(C)OC)cc2n2ccccc12. The number of carbonyl (C=O) groups is 3. The van der Waals surface area contributed by atoms with Crippen LogP contribution in [0, 0.1) is 0 Å². The van der Waals surface area contributed by atoms with Gasteiger partial charge in [0.1, 0.15) is 0 Å². The molecule has 0 spiro atoms. The molecule has 1 aromatic carbocycles. The fraction of sp³-hybridized carbons (Fsp3) is 0.167. The number of likely N-dealkylation sites (N-methyl/N-ethyl adjacent to an activating group) is 1. The van der Waals surface area contributed by atoms with Gasteiger partial charge in [-0.05, 0) is 18.2 Å². The predicted octanol–water partition coefficient (Wildman–Crippen LogP) is 2.08.